The van der Waals surface area contributed by atoms with E-state index >= 15 is 0 Å². The van der Waals surface area contributed by atoms with Gasteiger partial charge in [-0.3, -0.25) is 0 Å². The fraction of sp³-hybridized carbons (Fsp3) is 0.364. The number of anilines is 1. The van der Waals surface area contributed by atoms with Crippen LogP contribution in [0.2, 0.25) is 5.02 Å². The molecule has 0 fully saturated rings. The molecule has 0 aliphatic heterocycles. The van der Waals surface area contributed by atoms with Crippen LogP contribution in [0, 0.1) is 0 Å². The van der Waals surface area contributed by atoms with E-state index in [1.165, 1.54) is 0 Å². The van der Waals surface area contributed by atoms with E-state index in [9.17, 15) is 0 Å². The zero-order valence-electron chi connectivity index (χ0n) is 8.59. The van der Waals surface area contributed by atoms with Crippen LogP contribution >= 0.6 is 11.6 Å². The third-order valence-electron chi connectivity index (χ3n) is 2.25. The maximum Gasteiger partial charge on any atom is 0.177 e. The molecule has 4 heteroatoms. The Bertz CT molecular complexity index is 453. The third-order valence-corrected chi connectivity index (χ3v) is 2.49. The van der Waals surface area contributed by atoms with Gasteiger partial charge in [-0.25, -0.2) is 0 Å². The average molecular weight is 225 g/mol. The number of nitrogens with zero attached hydrogens (tertiary/aromatic N) is 1. The molecule has 1 aromatic heterocycles. The molecule has 0 saturated carbocycles. The smallest absolute Gasteiger partial charge is 0.177 e. The lowest BCUT2D eigenvalue weighted by Gasteiger charge is -2.00. The number of nitrogens with one attached hydrogen (secondary N) is 1. The lowest BCUT2D eigenvalue weighted by molar-refractivity contribution is 0.459. The Hall–Kier alpha value is -1.22. The topological polar surface area (TPSA) is 38.1 Å². The summed E-state index contributed by atoms with van der Waals surface area (Å²) < 4.78 is 5.16. The largest absolute Gasteiger partial charge is 0.367 e. The summed E-state index contributed by atoms with van der Waals surface area (Å²) in [5.41, 5.74) is 0.762. The van der Waals surface area contributed by atoms with E-state index in [-0.39, 0.29) is 0 Å². The van der Waals surface area contributed by atoms with Crippen molar-refractivity contribution >= 4 is 28.4 Å². The predicted octanol–water partition coefficient (Wildman–Crippen LogP) is 3.69. The highest BCUT2D eigenvalue weighted by Crippen LogP contribution is 2.25. The Kier molecular flexibility index (Phi) is 3.11. The summed E-state index contributed by atoms with van der Waals surface area (Å²) in [5, 5.41) is 8.84. The fourth-order valence-electron chi connectivity index (χ4n) is 1.42. The highest BCUT2D eigenvalue weighted by Gasteiger charge is 2.07. The Morgan fingerprint density at radius 3 is 3.13 bits per heavy atom. The molecule has 0 saturated heterocycles. The fourth-order valence-corrected chi connectivity index (χ4v) is 1.59. The second kappa shape index (κ2) is 4.53. The van der Waals surface area contributed by atoms with E-state index in [0.29, 0.717) is 5.02 Å². The number of aromatic nitrogens is 1. The second-order valence-electron chi connectivity index (χ2n) is 3.45. The predicted molar refractivity (Wildman–Crippen MR) is 62.4 cm³/mol. The summed E-state index contributed by atoms with van der Waals surface area (Å²) in [5.74, 6) is 0.779. The molecule has 0 unspecified atom stereocenters. The normalized spacial score (nSPS) is 10.8. The molecule has 80 valence electrons. The summed E-state index contributed by atoms with van der Waals surface area (Å²) >= 11 is 5.91. The number of benzene rings is 1. The number of hydrogen-bond acceptors (Lipinski definition) is 3. The van der Waals surface area contributed by atoms with Gasteiger partial charge in [0.1, 0.15) is 0 Å². The van der Waals surface area contributed by atoms with Gasteiger partial charge in [-0.2, -0.15) is 0 Å². The molecule has 0 aliphatic rings. The number of unbranched alkanes of at least 4 members (excludes halogenated alkanes) is 1. The van der Waals surface area contributed by atoms with Crippen molar-refractivity contribution in [2.45, 2.75) is 19.8 Å². The van der Waals surface area contributed by atoms with Gasteiger partial charge in [0, 0.05) is 11.6 Å². The van der Waals surface area contributed by atoms with Crippen LogP contribution in [-0.2, 0) is 0 Å². The maximum absolute atomic E-state index is 5.91. The highest BCUT2D eigenvalue weighted by atomic mass is 35.5. The Balaban J connectivity index is 2.23. The van der Waals surface area contributed by atoms with Crippen LogP contribution in [-0.4, -0.2) is 11.7 Å². The van der Waals surface area contributed by atoms with Gasteiger partial charge in [-0.05, 0) is 24.6 Å². The van der Waals surface area contributed by atoms with Crippen LogP contribution in [0.1, 0.15) is 19.8 Å². The van der Waals surface area contributed by atoms with Crippen LogP contribution in [0.5, 0.6) is 0 Å². The van der Waals surface area contributed by atoms with Gasteiger partial charge in [0.05, 0.1) is 5.39 Å². The molecule has 0 atom stereocenters. The monoisotopic (exact) mass is 224 g/mol. The first kappa shape index (κ1) is 10.3. The summed E-state index contributed by atoms with van der Waals surface area (Å²) in [7, 11) is 0. The molecular weight excluding hydrogens is 212 g/mol. The second-order valence-corrected chi connectivity index (χ2v) is 3.89. The van der Waals surface area contributed by atoms with Gasteiger partial charge in [0.2, 0.25) is 0 Å². The number of halogens is 1. The van der Waals surface area contributed by atoms with Gasteiger partial charge < -0.3 is 9.84 Å². The minimum Gasteiger partial charge on any atom is -0.367 e. The third kappa shape index (κ3) is 2.23. The van der Waals surface area contributed by atoms with E-state index in [1.807, 2.05) is 12.1 Å². The first-order valence-electron chi connectivity index (χ1n) is 5.10. The van der Waals surface area contributed by atoms with Gasteiger partial charge >= 0.3 is 0 Å². The van der Waals surface area contributed by atoms with E-state index in [0.717, 1.165) is 36.2 Å². The van der Waals surface area contributed by atoms with Gasteiger partial charge in [0.15, 0.2) is 11.4 Å². The molecule has 2 rings (SSSR count). The number of rotatable bonds is 4. The van der Waals surface area contributed by atoms with Crippen LogP contribution in [0.4, 0.5) is 5.82 Å². The SMILES string of the molecule is CCCCNc1noc2ccc(Cl)cc12. The first-order chi connectivity index (χ1) is 7.31. The van der Waals surface area contributed by atoms with Crippen molar-refractivity contribution in [1.82, 2.24) is 5.16 Å². The lowest BCUT2D eigenvalue weighted by atomic mass is 10.2. The molecule has 0 amide bonds. The molecule has 1 heterocycles. The molecule has 2 aromatic rings. The Morgan fingerprint density at radius 1 is 1.47 bits per heavy atom. The molecule has 0 aliphatic carbocycles. The summed E-state index contributed by atoms with van der Waals surface area (Å²) in [4.78, 5) is 0. The van der Waals surface area contributed by atoms with E-state index in [2.05, 4.69) is 17.4 Å². The van der Waals surface area contributed by atoms with E-state index in [1.54, 1.807) is 6.07 Å². The van der Waals surface area contributed by atoms with Crippen molar-refractivity contribution in [1.29, 1.82) is 0 Å². The van der Waals surface area contributed by atoms with Gasteiger partial charge in [0.25, 0.3) is 0 Å². The molecule has 0 radical (unpaired) electrons. The molecule has 1 N–H and O–H groups in total. The van der Waals surface area contributed by atoms with Crippen LogP contribution in [0.3, 0.4) is 0 Å². The van der Waals surface area contributed by atoms with Gasteiger partial charge in [-0.15, -0.1) is 0 Å². The Labute approximate surface area is 93.4 Å². The minimum absolute atomic E-state index is 0.698. The van der Waals surface area contributed by atoms with Gasteiger partial charge in [-0.1, -0.05) is 30.1 Å². The molecule has 0 spiro atoms. The maximum atomic E-state index is 5.91. The van der Waals surface area contributed by atoms with Crippen molar-refractivity contribution in [2.75, 3.05) is 11.9 Å². The van der Waals surface area contributed by atoms with Crippen LogP contribution in [0.25, 0.3) is 11.0 Å². The summed E-state index contributed by atoms with van der Waals surface area (Å²) in [6, 6.07) is 5.49. The van der Waals surface area contributed by atoms with E-state index < -0.39 is 0 Å². The minimum atomic E-state index is 0.698. The quantitative estimate of drug-likeness (QED) is 0.805. The Morgan fingerprint density at radius 2 is 2.33 bits per heavy atom. The molecule has 15 heavy (non-hydrogen) atoms. The number of fused-ring (bicyclic) bond motifs is 1. The highest BCUT2D eigenvalue weighted by molar-refractivity contribution is 6.31. The van der Waals surface area contributed by atoms with E-state index in [4.69, 9.17) is 16.1 Å². The summed E-state index contributed by atoms with van der Waals surface area (Å²) in [6.07, 6.45) is 2.28. The molecular formula is C11H13ClN2O. The average Bonchev–Trinajstić information content (AvgIpc) is 2.62. The van der Waals surface area contributed by atoms with Crippen molar-refractivity contribution in [3.8, 4) is 0 Å². The lowest BCUT2D eigenvalue weighted by Crippen LogP contribution is -2.00. The van der Waals surface area contributed by atoms with Crippen molar-refractivity contribution in [3.63, 3.8) is 0 Å². The standard InChI is InChI=1S/C11H13ClN2O/c1-2-3-6-13-11-9-7-8(12)4-5-10(9)15-14-11/h4-5,7H,2-3,6H2,1H3,(H,13,14). The first-order valence-corrected chi connectivity index (χ1v) is 5.48. The molecule has 3 nitrogen and oxygen atoms in total. The van der Waals surface area contributed by atoms with Crippen LogP contribution < -0.4 is 5.32 Å². The summed E-state index contributed by atoms with van der Waals surface area (Å²) in [6.45, 7) is 3.06. The van der Waals surface area contributed by atoms with Crippen molar-refractivity contribution < 1.29 is 4.52 Å². The van der Waals surface area contributed by atoms with Crippen molar-refractivity contribution in [3.05, 3.63) is 23.2 Å². The molecule has 0 bridgehead atoms. The van der Waals surface area contributed by atoms with Crippen LogP contribution in [0.15, 0.2) is 22.7 Å². The molecule has 1 aromatic carbocycles. The zero-order chi connectivity index (χ0) is 10.7. The zero-order valence-corrected chi connectivity index (χ0v) is 9.34. The number of hydrogen-bond donors (Lipinski definition) is 1. The van der Waals surface area contributed by atoms with Crippen molar-refractivity contribution in [2.24, 2.45) is 0 Å².